The third kappa shape index (κ3) is 3.98. The number of rotatable bonds is 2. The first-order valence-corrected chi connectivity index (χ1v) is 8.91. The van der Waals surface area contributed by atoms with Crippen LogP contribution in [0.4, 0.5) is 0 Å². The average molecular weight is 281 g/mol. The SMILES string of the molecule is CCC1CCCN(C2CC(C(C)(C)C)CCC2N)CC1. The van der Waals surface area contributed by atoms with Gasteiger partial charge in [0, 0.05) is 12.1 Å². The van der Waals surface area contributed by atoms with E-state index in [0.29, 0.717) is 17.5 Å². The highest BCUT2D eigenvalue weighted by Gasteiger charge is 2.37. The Kier molecular flexibility index (Phi) is 5.53. The predicted molar refractivity (Wildman–Crippen MR) is 87.8 cm³/mol. The molecule has 2 fully saturated rings. The molecule has 1 saturated heterocycles. The topological polar surface area (TPSA) is 29.3 Å². The van der Waals surface area contributed by atoms with E-state index < -0.39 is 0 Å². The molecular weight excluding hydrogens is 244 g/mol. The normalized spacial score (nSPS) is 37.6. The van der Waals surface area contributed by atoms with Gasteiger partial charge in [0.2, 0.25) is 0 Å². The second kappa shape index (κ2) is 6.79. The molecule has 0 aromatic carbocycles. The van der Waals surface area contributed by atoms with E-state index in [-0.39, 0.29) is 0 Å². The fourth-order valence-electron chi connectivity index (χ4n) is 4.30. The van der Waals surface area contributed by atoms with E-state index in [9.17, 15) is 0 Å². The lowest BCUT2D eigenvalue weighted by Gasteiger charge is -2.45. The van der Waals surface area contributed by atoms with Gasteiger partial charge in [0.25, 0.3) is 0 Å². The van der Waals surface area contributed by atoms with Crippen molar-refractivity contribution in [2.24, 2.45) is 23.0 Å². The van der Waals surface area contributed by atoms with Crippen molar-refractivity contribution in [1.29, 1.82) is 0 Å². The zero-order chi connectivity index (χ0) is 14.8. The standard InChI is InChI=1S/C18H36N2/c1-5-14-7-6-11-20(12-10-14)17-13-15(18(2,3)4)8-9-16(17)19/h14-17H,5-13,19H2,1-4H3. The Morgan fingerprint density at radius 1 is 1.05 bits per heavy atom. The molecule has 0 spiro atoms. The molecule has 2 N–H and O–H groups in total. The fraction of sp³-hybridized carbons (Fsp3) is 1.00. The molecule has 1 saturated carbocycles. The van der Waals surface area contributed by atoms with Crippen molar-refractivity contribution in [3.8, 4) is 0 Å². The second-order valence-corrected chi connectivity index (χ2v) is 8.35. The number of likely N-dealkylation sites (tertiary alicyclic amines) is 1. The molecule has 0 radical (unpaired) electrons. The molecule has 4 unspecified atom stereocenters. The zero-order valence-corrected chi connectivity index (χ0v) is 14.2. The molecule has 0 aromatic rings. The van der Waals surface area contributed by atoms with Crippen LogP contribution in [0.15, 0.2) is 0 Å². The van der Waals surface area contributed by atoms with E-state index in [0.717, 1.165) is 11.8 Å². The maximum atomic E-state index is 6.49. The van der Waals surface area contributed by atoms with Gasteiger partial charge in [-0.15, -0.1) is 0 Å². The summed E-state index contributed by atoms with van der Waals surface area (Å²) in [7, 11) is 0. The highest BCUT2D eigenvalue weighted by atomic mass is 15.2. The van der Waals surface area contributed by atoms with Crippen LogP contribution >= 0.6 is 0 Å². The highest BCUT2D eigenvalue weighted by Crippen LogP contribution is 2.39. The third-order valence-electron chi connectivity index (χ3n) is 6.02. The Bertz CT molecular complexity index is 294. The molecule has 0 amide bonds. The van der Waals surface area contributed by atoms with Crippen molar-refractivity contribution in [2.75, 3.05) is 13.1 Å². The van der Waals surface area contributed by atoms with Crippen molar-refractivity contribution >= 4 is 0 Å². The van der Waals surface area contributed by atoms with Crippen molar-refractivity contribution < 1.29 is 0 Å². The van der Waals surface area contributed by atoms with Crippen molar-refractivity contribution in [1.82, 2.24) is 4.90 Å². The maximum absolute atomic E-state index is 6.49. The minimum atomic E-state index is 0.409. The highest BCUT2D eigenvalue weighted by molar-refractivity contribution is 4.93. The molecular formula is C18H36N2. The Hall–Kier alpha value is -0.0800. The summed E-state index contributed by atoms with van der Waals surface area (Å²) in [6.45, 7) is 12.1. The molecule has 0 aromatic heterocycles. The van der Waals surface area contributed by atoms with Crippen molar-refractivity contribution in [3.63, 3.8) is 0 Å². The Labute approximate surface area is 126 Å². The smallest absolute Gasteiger partial charge is 0.0250 e. The van der Waals surface area contributed by atoms with Gasteiger partial charge >= 0.3 is 0 Å². The molecule has 2 aliphatic rings. The number of hydrogen-bond donors (Lipinski definition) is 1. The van der Waals surface area contributed by atoms with Crippen LogP contribution in [0, 0.1) is 17.3 Å². The predicted octanol–water partition coefficient (Wildman–Crippen LogP) is 4.04. The Morgan fingerprint density at radius 3 is 2.45 bits per heavy atom. The van der Waals surface area contributed by atoms with E-state index in [1.165, 1.54) is 58.0 Å². The van der Waals surface area contributed by atoms with Crippen LogP contribution in [-0.4, -0.2) is 30.1 Å². The molecule has 2 heteroatoms. The number of nitrogens with two attached hydrogens (primary N) is 1. The Balaban J connectivity index is 1.98. The average Bonchev–Trinajstić information content (AvgIpc) is 2.63. The van der Waals surface area contributed by atoms with Crippen LogP contribution in [0.25, 0.3) is 0 Å². The van der Waals surface area contributed by atoms with Gasteiger partial charge in [-0.25, -0.2) is 0 Å². The molecule has 1 aliphatic heterocycles. The minimum absolute atomic E-state index is 0.409. The molecule has 2 nitrogen and oxygen atoms in total. The summed E-state index contributed by atoms with van der Waals surface area (Å²) in [6.07, 6.45) is 9.42. The van der Waals surface area contributed by atoms with E-state index in [2.05, 4.69) is 32.6 Å². The van der Waals surface area contributed by atoms with Crippen LogP contribution in [0.2, 0.25) is 0 Å². The lowest BCUT2D eigenvalue weighted by molar-refractivity contribution is 0.0706. The summed E-state index contributed by atoms with van der Waals surface area (Å²) in [5.41, 5.74) is 6.93. The van der Waals surface area contributed by atoms with E-state index >= 15 is 0 Å². The first-order chi connectivity index (χ1) is 9.41. The summed E-state index contributed by atoms with van der Waals surface area (Å²) in [5, 5.41) is 0. The third-order valence-corrected chi connectivity index (χ3v) is 6.02. The monoisotopic (exact) mass is 280 g/mol. The van der Waals surface area contributed by atoms with Gasteiger partial charge in [-0.2, -0.15) is 0 Å². The first-order valence-electron chi connectivity index (χ1n) is 8.91. The first kappa shape index (κ1) is 16.3. The fourth-order valence-corrected chi connectivity index (χ4v) is 4.30. The van der Waals surface area contributed by atoms with Gasteiger partial charge in [0.1, 0.15) is 0 Å². The van der Waals surface area contributed by atoms with Crippen LogP contribution in [0.1, 0.15) is 72.6 Å². The number of hydrogen-bond acceptors (Lipinski definition) is 2. The van der Waals surface area contributed by atoms with Crippen LogP contribution in [0.5, 0.6) is 0 Å². The zero-order valence-electron chi connectivity index (χ0n) is 14.2. The second-order valence-electron chi connectivity index (χ2n) is 8.35. The summed E-state index contributed by atoms with van der Waals surface area (Å²) in [5.74, 6) is 1.80. The molecule has 0 bridgehead atoms. The summed E-state index contributed by atoms with van der Waals surface area (Å²) < 4.78 is 0. The van der Waals surface area contributed by atoms with Crippen LogP contribution in [-0.2, 0) is 0 Å². The van der Waals surface area contributed by atoms with E-state index in [4.69, 9.17) is 5.73 Å². The van der Waals surface area contributed by atoms with Crippen LogP contribution in [0.3, 0.4) is 0 Å². The van der Waals surface area contributed by atoms with Gasteiger partial charge in [-0.1, -0.05) is 34.1 Å². The van der Waals surface area contributed by atoms with Gasteiger partial charge in [-0.05, 0) is 68.9 Å². The van der Waals surface area contributed by atoms with Gasteiger partial charge in [-0.3, -0.25) is 4.90 Å². The lowest BCUT2D eigenvalue weighted by Crippen LogP contribution is -2.52. The summed E-state index contributed by atoms with van der Waals surface area (Å²) in [6, 6.07) is 1.05. The molecule has 20 heavy (non-hydrogen) atoms. The van der Waals surface area contributed by atoms with E-state index in [1.807, 2.05) is 0 Å². The number of nitrogens with zero attached hydrogens (tertiary/aromatic N) is 1. The quantitative estimate of drug-likeness (QED) is 0.827. The van der Waals surface area contributed by atoms with Gasteiger partial charge in [0.15, 0.2) is 0 Å². The lowest BCUT2D eigenvalue weighted by atomic mass is 9.69. The van der Waals surface area contributed by atoms with Crippen LogP contribution < -0.4 is 5.73 Å². The molecule has 4 atom stereocenters. The molecule has 118 valence electrons. The van der Waals surface area contributed by atoms with Crippen molar-refractivity contribution in [3.05, 3.63) is 0 Å². The molecule has 1 aliphatic carbocycles. The maximum Gasteiger partial charge on any atom is 0.0250 e. The molecule has 2 rings (SSSR count). The van der Waals surface area contributed by atoms with Gasteiger partial charge < -0.3 is 5.73 Å². The summed E-state index contributed by atoms with van der Waals surface area (Å²) in [4.78, 5) is 2.75. The van der Waals surface area contributed by atoms with E-state index in [1.54, 1.807) is 0 Å². The Morgan fingerprint density at radius 2 is 1.80 bits per heavy atom. The summed E-state index contributed by atoms with van der Waals surface area (Å²) >= 11 is 0. The minimum Gasteiger partial charge on any atom is -0.326 e. The van der Waals surface area contributed by atoms with Crippen molar-refractivity contribution in [2.45, 2.75) is 84.7 Å². The largest absolute Gasteiger partial charge is 0.326 e. The van der Waals surface area contributed by atoms with Gasteiger partial charge in [0.05, 0.1) is 0 Å². The molecule has 1 heterocycles.